The van der Waals surface area contributed by atoms with Crippen LogP contribution in [0.3, 0.4) is 0 Å². The molecule has 0 amide bonds. The maximum atomic E-state index is 13.1. The molecule has 0 heterocycles. The molecule has 4 nitrogen and oxygen atoms in total. The van der Waals surface area contributed by atoms with Crippen LogP contribution in [0, 0.1) is 11.6 Å². The standard InChI is InChI=1S/C10H13F2N3O/c11-8-2-1-7(9(12)5-8)6-14-4-3-10(13)15-16/h1-2,5,14,16H,3-4,6H2,(H2,13,15). The fourth-order valence-electron chi connectivity index (χ4n) is 1.15. The monoisotopic (exact) mass is 229 g/mol. The Morgan fingerprint density at radius 3 is 2.81 bits per heavy atom. The summed E-state index contributed by atoms with van der Waals surface area (Å²) < 4.78 is 25.7. The number of hydrogen-bond acceptors (Lipinski definition) is 3. The van der Waals surface area contributed by atoms with Crippen molar-refractivity contribution in [1.82, 2.24) is 5.32 Å². The van der Waals surface area contributed by atoms with Crippen LogP contribution < -0.4 is 11.1 Å². The lowest BCUT2D eigenvalue weighted by molar-refractivity contribution is 0.316. The van der Waals surface area contributed by atoms with Crippen LogP contribution in [-0.4, -0.2) is 17.6 Å². The molecule has 1 aromatic rings. The number of nitrogens with two attached hydrogens (primary N) is 1. The molecule has 0 aliphatic carbocycles. The van der Waals surface area contributed by atoms with Crippen LogP contribution >= 0.6 is 0 Å². The van der Waals surface area contributed by atoms with Crippen LogP contribution in [0.15, 0.2) is 23.4 Å². The van der Waals surface area contributed by atoms with Crippen molar-refractivity contribution in [1.29, 1.82) is 0 Å². The lowest BCUT2D eigenvalue weighted by Gasteiger charge is -2.05. The zero-order valence-electron chi connectivity index (χ0n) is 8.58. The predicted octanol–water partition coefficient (Wildman–Crippen LogP) is 1.19. The highest BCUT2D eigenvalue weighted by atomic mass is 19.1. The van der Waals surface area contributed by atoms with Gasteiger partial charge in [0.1, 0.15) is 17.5 Å². The summed E-state index contributed by atoms with van der Waals surface area (Å²) in [6, 6.07) is 3.41. The van der Waals surface area contributed by atoms with Gasteiger partial charge in [-0.15, -0.1) is 0 Å². The lowest BCUT2D eigenvalue weighted by atomic mass is 10.2. The number of oxime groups is 1. The minimum Gasteiger partial charge on any atom is -0.409 e. The maximum Gasteiger partial charge on any atom is 0.140 e. The van der Waals surface area contributed by atoms with Crippen LogP contribution in [0.1, 0.15) is 12.0 Å². The summed E-state index contributed by atoms with van der Waals surface area (Å²) in [7, 11) is 0. The lowest BCUT2D eigenvalue weighted by Crippen LogP contribution is -2.22. The van der Waals surface area contributed by atoms with E-state index in [0.29, 0.717) is 18.5 Å². The first-order valence-electron chi connectivity index (χ1n) is 4.74. The largest absolute Gasteiger partial charge is 0.409 e. The van der Waals surface area contributed by atoms with Crippen molar-refractivity contribution in [2.75, 3.05) is 6.54 Å². The molecule has 88 valence electrons. The third-order valence-electron chi connectivity index (χ3n) is 2.02. The molecule has 6 heteroatoms. The molecule has 1 rings (SSSR count). The van der Waals surface area contributed by atoms with E-state index in [9.17, 15) is 8.78 Å². The van der Waals surface area contributed by atoms with E-state index in [1.54, 1.807) is 0 Å². The number of nitrogens with zero attached hydrogens (tertiary/aromatic N) is 1. The van der Waals surface area contributed by atoms with Crippen molar-refractivity contribution in [3.63, 3.8) is 0 Å². The molecule has 0 atom stereocenters. The fourth-order valence-corrected chi connectivity index (χ4v) is 1.15. The molecule has 0 bridgehead atoms. The minimum absolute atomic E-state index is 0.104. The molecule has 0 radical (unpaired) electrons. The van der Waals surface area contributed by atoms with Crippen molar-refractivity contribution in [2.24, 2.45) is 10.9 Å². The average Bonchev–Trinajstić information content (AvgIpc) is 2.26. The Morgan fingerprint density at radius 1 is 1.44 bits per heavy atom. The van der Waals surface area contributed by atoms with Gasteiger partial charge in [-0.05, 0) is 6.07 Å². The van der Waals surface area contributed by atoms with E-state index in [-0.39, 0.29) is 12.4 Å². The van der Waals surface area contributed by atoms with Crippen LogP contribution in [0.5, 0.6) is 0 Å². The molecule has 0 aliphatic rings. The van der Waals surface area contributed by atoms with Gasteiger partial charge in [0.05, 0.1) is 0 Å². The number of halogens is 2. The molecule has 0 aliphatic heterocycles. The highest BCUT2D eigenvalue weighted by Crippen LogP contribution is 2.08. The molecular weight excluding hydrogens is 216 g/mol. The second-order valence-corrected chi connectivity index (χ2v) is 3.25. The summed E-state index contributed by atoms with van der Waals surface area (Å²) in [6.45, 7) is 0.720. The number of nitrogens with one attached hydrogen (secondary N) is 1. The van der Waals surface area contributed by atoms with Crippen LogP contribution in [0.4, 0.5) is 8.78 Å². The van der Waals surface area contributed by atoms with E-state index in [0.717, 1.165) is 6.07 Å². The number of hydrogen-bond donors (Lipinski definition) is 3. The highest BCUT2D eigenvalue weighted by Gasteiger charge is 2.03. The van der Waals surface area contributed by atoms with Gasteiger partial charge in [-0.1, -0.05) is 11.2 Å². The first-order chi connectivity index (χ1) is 7.63. The Hall–Kier alpha value is -1.69. The first-order valence-corrected chi connectivity index (χ1v) is 4.74. The van der Waals surface area contributed by atoms with Gasteiger partial charge in [0, 0.05) is 31.1 Å². The average molecular weight is 229 g/mol. The first kappa shape index (κ1) is 12.4. The normalized spacial score (nSPS) is 11.8. The van der Waals surface area contributed by atoms with Crippen molar-refractivity contribution in [3.8, 4) is 0 Å². The third kappa shape index (κ3) is 3.82. The summed E-state index contributed by atoms with van der Waals surface area (Å²) in [4.78, 5) is 0. The van der Waals surface area contributed by atoms with Gasteiger partial charge in [0.15, 0.2) is 0 Å². The summed E-state index contributed by atoms with van der Waals surface area (Å²) >= 11 is 0. The molecule has 0 aromatic heterocycles. The Labute approximate surface area is 91.8 Å². The molecule has 0 saturated heterocycles. The molecule has 0 fully saturated rings. The molecular formula is C10H13F2N3O. The van der Waals surface area contributed by atoms with Gasteiger partial charge >= 0.3 is 0 Å². The van der Waals surface area contributed by atoms with Gasteiger partial charge < -0.3 is 16.3 Å². The maximum absolute atomic E-state index is 13.1. The number of amidine groups is 1. The van der Waals surface area contributed by atoms with Crippen molar-refractivity contribution in [2.45, 2.75) is 13.0 Å². The zero-order chi connectivity index (χ0) is 12.0. The molecule has 0 unspecified atom stereocenters. The quantitative estimate of drug-likeness (QED) is 0.233. The Bertz CT molecular complexity index is 382. The van der Waals surface area contributed by atoms with Crippen molar-refractivity contribution >= 4 is 5.84 Å². The molecule has 0 spiro atoms. The van der Waals surface area contributed by atoms with Crippen molar-refractivity contribution < 1.29 is 14.0 Å². The van der Waals surface area contributed by atoms with E-state index in [4.69, 9.17) is 10.9 Å². The summed E-state index contributed by atoms with van der Waals surface area (Å²) in [5, 5.41) is 13.9. The van der Waals surface area contributed by atoms with E-state index in [2.05, 4.69) is 10.5 Å². The molecule has 4 N–H and O–H groups in total. The Balaban J connectivity index is 2.37. The van der Waals surface area contributed by atoms with E-state index in [1.165, 1.54) is 12.1 Å². The summed E-state index contributed by atoms with van der Waals surface area (Å²) in [5.74, 6) is -1.08. The van der Waals surface area contributed by atoms with Crippen LogP contribution in [0.25, 0.3) is 0 Å². The summed E-state index contributed by atoms with van der Waals surface area (Å²) in [5.41, 5.74) is 5.61. The molecule has 16 heavy (non-hydrogen) atoms. The van der Waals surface area contributed by atoms with E-state index >= 15 is 0 Å². The second kappa shape index (κ2) is 6.02. The molecule has 0 saturated carbocycles. The smallest absolute Gasteiger partial charge is 0.140 e. The highest BCUT2D eigenvalue weighted by molar-refractivity contribution is 5.79. The summed E-state index contributed by atoms with van der Waals surface area (Å²) in [6.07, 6.45) is 0.360. The van der Waals surface area contributed by atoms with Crippen LogP contribution in [-0.2, 0) is 6.54 Å². The topological polar surface area (TPSA) is 70.6 Å². The van der Waals surface area contributed by atoms with Crippen LogP contribution in [0.2, 0.25) is 0 Å². The Kier molecular flexibility index (Phi) is 4.65. The van der Waals surface area contributed by atoms with Gasteiger partial charge in [0.2, 0.25) is 0 Å². The fraction of sp³-hybridized carbons (Fsp3) is 0.300. The van der Waals surface area contributed by atoms with Gasteiger partial charge in [-0.25, -0.2) is 8.78 Å². The van der Waals surface area contributed by atoms with Crippen molar-refractivity contribution in [3.05, 3.63) is 35.4 Å². The van der Waals surface area contributed by atoms with E-state index in [1.807, 2.05) is 0 Å². The number of benzene rings is 1. The molecule has 1 aromatic carbocycles. The predicted molar refractivity (Wildman–Crippen MR) is 56.1 cm³/mol. The third-order valence-corrected chi connectivity index (χ3v) is 2.02. The second-order valence-electron chi connectivity index (χ2n) is 3.25. The number of rotatable bonds is 5. The van der Waals surface area contributed by atoms with Gasteiger partial charge in [-0.2, -0.15) is 0 Å². The van der Waals surface area contributed by atoms with Gasteiger partial charge in [-0.3, -0.25) is 0 Å². The zero-order valence-corrected chi connectivity index (χ0v) is 8.58. The minimum atomic E-state index is -0.599. The SMILES string of the molecule is NC(CCNCc1ccc(F)cc1F)=NO. The van der Waals surface area contributed by atoms with E-state index < -0.39 is 11.6 Å². The Morgan fingerprint density at radius 2 is 2.19 bits per heavy atom. The van der Waals surface area contributed by atoms with Gasteiger partial charge in [0.25, 0.3) is 0 Å².